The van der Waals surface area contributed by atoms with Gasteiger partial charge in [0.25, 0.3) is 0 Å². The van der Waals surface area contributed by atoms with E-state index in [1.165, 1.54) is 6.33 Å². The molecular weight excluding hydrogens is 202 g/mol. The molecule has 2 aromatic rings. The summed E-state index contributed by atoms with van der Waals surface area (Å²) in [7, 11) is 1.62. The van der Waals surface area contributed by atoms with Crippen LogP contribution >= 0.6 is 0 Å². The zero-order chi connectivity index (χ0) is 12.1. The molecule has 2 rings (SSSR count). The highest BCUT2D eigenvalue weighted by Crippen LogP contribution is 2.02. The molecule has 16 heavy (non-hydrogen) atoms. The van der Waals surface area contributed by atoms with Gasteiger partial charge >= 0.3 is 0 Å². The van der Waals surface area contributed by atoms with Crippen molar-refractivity contribution in [1.82, 2.24) is 15.0 Å². The van der Waals surface area contributed by atoms with Crippen molar-refractivity contribution in [3.05, 3.63) is 49.3 Å². The Balaban J connectivity index is 0.000000251. The van der Waals surface area contributed by atoms with Crippen molar-refractivity contribution in [3.63, 3.8) is 0 Å². The zero-order valence-electron chi connectivity index (χ0n) is 9.87. The van der Waals surface area contributed by atoms with Gasteiger partial charge in [0.2, 0.25) is 0 Å². The van der Waals surface area contributed by atoms with E-state index in [1.54, 1.807) is 38.0 Å². The third kappa shape index (κ3) is 7.44. The number of rotatable bonds is 1. The summed E-state index contributed by atoms with van der Waals surface area (Å²) in [6.07, 6.45) is 8.25. The predicted molar refractivity (Wildman–Crippen MR) is 64.2 cm³/mol. The number of methoxy groups -OCH3 is 1. The molecule has 0 bridgehead atoms. The van der Waals surface area contributed by atoms with E-state index in [-0.39, 0.29) is 0 Å². The van der Waals surface area contributed by atoms with Crippen molar-refractivity contribution in [2.75, 3.05) is 7.11 Å². The van der Waals surface area contributed by atoms with Gasteiger partial charge in [-0.15, -0.1) is 0 Å². The van der Waals surface area contributed by atoms with Crippen LogP contribution in [0.1, 0.15) is 13.8 Å². The van der Waals surface area contributed by atoms with Gasteiger partial charge in [0, 0.05) is 18.6 Å². The molecule has 0 saturated carbocycles. The predicted octanol–water partition coefficient (Wildman–Crippen LogP) is 2.59. The fraction of sp³-hybridized carbons (Fsp3) is 0.250. The SMILES string of the molecule is CC.COc1cccnc1.c1cncnc1. The van der Waals surface area contributed by atoms with Crippen LogP contribution in [0.25, 0.3) is 0 Å². The summed E-state index contributed by atoms with van der Waals surface area (Å²) >= 11 is 0. The molecule has 0 saturated heterocycles. The molecule has 2 heterocycles. The minimum atomic E-state index is 0.799. The minimum absolute atomic E-state index is 0.799. The topological polar surface area (TPSA) is 47.9 Å². The van der Waals surface area contributed by atoms with Gasteiger partial charge in [0.15, 0.2) is 0 Å². The average molecular weight is 219 g/mol. The average Bonchev–Trinajstić information content (AvgIpc) is 2.44. The van der Waals surface area contributed by atoms with E-state index in [0.717, 1.165) is 5.75 Å². The molecule has 0 radical (unpaired) electrons. The van der Waals surface area contributed by atoms with E-state index in [1.807, 2.05) is 26.0 Å². The summed E-state index contributed by atoms with van der Waals surface area (Å²) in [4.78, 5) is 11.2. The second-order valence-electron chi connectivity index (χ2n) is 2.30. The molecule has 0 unspecified atom stereocenters. The number of aromatic nitrogens is 3. The first-order chi connectivity index (χ1) is 7.93. The number of hydrogen-bond acceptors (Lipinski definition) is 4. The van der Waals surface area contributed by atoms with Crippen molar-refractivity contribution in [2.24, 2.45) is 0 Å². The molecule has 0 aliphatic rings. The Morgan fingerprint density at radius 2 is 1.56 bits per heavy atom. The van der Waals surface area contributed by atoms with Crippen LogP contribution in [0.3, 0.4) is 0 Å². The molecule has 0 aromatic carbocycles. The van der Waals surface area contributed by atoms with Crippen LogP contribution < -0.4 is 4.74 Å². The Morgan fingerprint density at radius 1 is 0.938 bits per heavy atom. The van der Waals surface area contributed by atoms with Gasteiger partial charge in [0.1, 0.15) is 12.1 Å². The number of hydrogen-bond donors (Lipinski definition) is 0. The Bertz CT molecular complexity index is 300. The van der Waals surface area contributed by atoms with Gasteiger partial charge in [-0.1, -0.05) is 13.8 Å². The van der Waals surface area contributed by atoms with Gasteiger partial charge in [-0.05, 0) is 18.2 Å². The van der Waals surface area contributed by atoms with Crippen LogP contribution in [-0.4, -0.2) is 22.1 Å². The minimum Gasteiger partial charge on any atom is -0.495 e. The maximum Gasteiger partial charge on any atom is 0.137 e. The molecular formula is C12H17N3O. The maximum atomic E-state index is 4.85. The highest BCUT2D eigenvalue weighted by atomic mass is 16.5. The smallest absolute Gasteiger partial charge is 0.137 e. The largest absolute Gasteiger partial charge is 0.495 e. The van der Waals surface area contributed by atoms with Crippen LogP contribution in [0.2, 0.25) is 0 Å². The lowest BCUT2D eigenvalue weighted by atomic mass is 10.5. The molecule has 0 aliphatic carbocycles. The van der Waals surface area contributed by atoms with E-state index in [2.05, 4.69) is 15.0 Å². The zero-order valence-corrected chi connectivity index (χ0v) is 9.87. The van der Waals surface area contributed by atoms with Gasteiger partial charge in [0.05, 0.1) is 13.3 Å². The highest BCUT2D eigenvalue weighted by molar-refractivity contribution is 5.14. The highest BCUT2D eigenvalue weighted by Gasteiger charge is 1.81. The first-order valence-corrected chi connectivity index (χ1v) is 5.07. The van der Waals surface area contributed by atoms with Gasteiger partial charge in [-0.25, -0.2) is 9.97 Å². The van der Waals surface area contributed by atoms with Crippen molar-refractivity contribution < 1.29 is 4.74 Å². The van der Waals surface area contributed by atoms with E-state index < -0.39 is 0 Å². The van der Waals surface area contributed by atoms with E-state index >= 15 is 0 Å². The third-order valence-electron chi connectivity index (χ3n) is 1.35. The molecule has 0 aliphatic heterocycles. The molecule has 0 fully saturated rings. The van der Waals surface area contributed by atoms with Crippen LogP contribution in [0.4, 0.5) is 0 Å². The molecule has 0 N–H and O–H groups in total. The van der Waals surface area contributed by atoms with Crippen LogP contribution in [0.5, 0.6) is 5.75 Å². The lowest BCUT2D eigenvalue weighted by Gasteiger charge is -1.93. The van der Waals surface area contributed by atoms with Crippen LogP contribution in [-0.2, 0) is 0 Å². The molecule has 0 spiro atoms. The maximum absolute atomic E-state index is 4.85. The monoisotopic (exact) mass is 219 g/mol. The molecule has 0 atom stereocenters. The number of pyridine rings is 1. The second-order valence-corrected chi connectivity index (χ2v) is 2.30. The summed E-state index contributed by atoms with van der Waals surface area (Å²) in [5.41, 5.74) is 0. The van der Waals surface area contributed by atoms with E-state index in [4.69, 9.17) is 4.74 Å². The summed E-state index contributed by atoms with van der Waals surface area (Å²) in [5, 5.41) is 0. The summed E-state index contributed by atoms with van der Waals surface area (Å²) in [6.45, 7) is 4.00. The van der Waals surface area contributed by atoms with Crippen molar-refractivity contribution in [2.45, 2.75) is 13.8 Å². The van der Waals surface area contributed by atoms with Gasteiger partial charge in [-0.2, -0.15) is 0 Å². The fourth-order valence-electron chi connectivity index (χ4n) is 0.721. The quantitative estimate of drug-likeness (QED) is 0.739. The van der Waals surface area contributed by atoms with E-state index in [9.17, 15) is 0 Å². The summed E-state index contributed by atoms with van der Waals surface area (Å²) < 4.78 is 4.85. The first-order valence-electron chi connectivity index (χ1n) is 5.07. The molecule has 4 nitrogen and oxygen atoms in total. The molecule has 86 valence electrons. The lowest BCUT2D eigenvalue weighted by Crippen LogP contribution is -1.80. The normalized spacial score (nSPS) is 7.69. The van der Waals surface area contributed by atoms with Crippen LogP contribution in [0.15, 0.2) is 49.3 Å². The fourth-order valence-corrected chi connectivity index (χ4v) is 0.721. The van der Waals surface area contributed by atoms with Crippen molar-refractivity contribution in [1.29, 1.82) is 0 Å². The first kappa shape index (κ1) is 14.0. The Kier molecular flexibility index (Phi) is 9.74. The Labute approximate surface area is 96.4 Å². The van der Waals surface area contributed by atoms with Crippen molar-refractivity contribution >= 4 is 0 Å². The lowest BCUT2D eigenvalue weighted by molar-refractivity contribution is 0.413. The number of ether oxygens (including phenoxy) is 1. The molecule has 2 aromatic heterocycles. The van der Waals surface area contributed by atoms with Crippen molar-refractivity contribution in [3.8, 4) is 5.75 Å². The Morgan fingerprint density at radius 3 is 1.81 bits per heavy atom. The summed E-state index contributed by atoms with van der Waals surface area (Å²) in [6, 6.07) is 5.46. The molecule has 0 amide bonds. The van der Waals surface area contributed by atoms with Crippen LogP contribution in [0, 0.1) is 0 Å². The standard InChI is InChI=1S/C6H7NO.C4H4N2.C2H6/c1-8-6-3-2-4-7-5-6;1-2-5-4-6-3-1;1-2/h2-5H,1H3;1-4H;1-2H3. The third-order valence-corrected chi connectivity index (χ3v) is 1.35. The second kappa shape index (κ2) is 11.1. The Hall–Kier alpha value is -1.97. The number of nitrogens with zero attached hydrogens (tertiary/aromatic N) is 3. The molecule has 4 heteroatoms. The van der Waals surface area contributed by atoms with Gasteiger partial charge in [-0.3, -0.25) is 4.98 Å². The summed E-state index contributed by atoms with van der Waals surface area (Å²) in [5.74, 6) is 0.799. The van der Waals surface area contributed by atoms with E-state index in [0.29, 0.717) is 0 Å². The van der Waals surface area contributed by atoms with Gasteiger partial charge < -0.3 is 4.74 Å².